The molecule has 0 aliphatic rings. The fourth-order valence-electron chi connectivity index (χ4n) is 1.64. The van der Waals surface area contributed by atoms with Gasteiger partial charge in [0.2, 0.25) is 0 Å². The smallest absolute Gasteiger partial charge is 0.126 e. The van der Waals surface area contributed by atoms with Gasteiger partial charge in [-0.1, -0.05) is 6.07 Å². The van der Waals surface area contributed by atoms with Crippen LogP contribution in [0.15, 0.2) is 18.2 Å². The second-order valence-corrected chi connectivity index (χ2v) is 3.07. The zero-order chi connectivity index (χ0) is 9.42. The summed E-state index contributed by atoms with van der Waals surface area (Å²) in [6.07, 6.45) is 0. The number of aromatic nitrogens is 2. The zero-order valence-corrected chi connectivity index (χ0v) is 7.78. The number of aryl methyl sites for hydroxylation is 2. The lowest BCUT2D eigenvalue weighted by atomic mass is 10.2. The minimum atomic E-state index is 0.315. The maximum absolute atomic E-state index is 9.61. The minimum absolute atomic E-state index is 0.315. The van der Waals surface area contributed by atoms with Crippen molar-refractivity contribution in [1.82, 2.24) is 9.78 Å². The molecule has 13 heavy (non-hydrogen) atoms. The highest BCUT2D eigenvalue weighted by Crippen LogP contribution is 2.26. The average Bonchev–Trinajstić information content (AvgIpc) is 2.44. The maximum atomic E-state index is 9.61. The van der Waals surface area contributed by atoms with E-state index in [2.05, 4.69) is 5.10 Å². The Hall–Kier alpha value is -1.51. The van der Waals surface area contributed by atoms with E-state index in [1.165, 1.54) is 0 Å². The average molecular weight is 176 g/mol. The Morgan fingerprint density at radius 2 is 2.23 bits per heavy atom. The number of fused-ring (bicyclic) bond motifs is 1. The summed E-state index contributed by atoms with van der Waals surface area (Å²) in [7, 11) is 0. The summed E-state index contributed by atoms with van der Waals surface area (Å²) in [5.41, 5.74) is 1.88. The molecule has 1 aromatic heterocycles. The zero-order valence-electron chi connectivity index (χ0n) is 7.78. The molecule has 0 fully saturated rings. The molecule has 1 aromatic carbocycles. The summed E-state index contributed by atoms with van der Waals surface area (Å²) in [5.74, 6) is 0.315. The Bertz CT molecular complexity index is 445. The van der Waals surface area contributed by atoms with Crippen LogP contribution in [-0.2, 0) is 6.54 Å². The highest BCUT2D eigenvalue weighted by atomic mass is 16.3. The van der Waals surface area contributed by atoms with Crippen LogP contribution in [0.2, 0.25) is 0 Å². The Labute approximate surface area is 76.6 Å². The molecule has 0 atom stereocenters. The molecule has 3 heteroatoms. The SMILES string of the molecule is CCn1nc(C)c2c(O)cccc21. The topological polar surface area (TPSA) is 38.0 Å². The molecule has 2 rings (SSSR count). The van der Waals surface area contributed by atoms with Gasteiger partial charge in [-0.2, -0.15) is 5.10 Å². The van der Waals surface area contributed by atoms with Crippen LogP contribution in [0.5, 0.6) is 5.75 Å². The molecule has 0 spiro atoms. The summed E-state index contributed by atoms with van der Waals surface area (Å²) in [4.78, 5) is 0. The van der Waals surface area contributed by atoms with E-state index in [-0.39, 0.29) is 0 Å². The van der Waals surface area contributed by atoms with Gasteiger partial charge >= 0.3 is 0 Å². The summed E-state index contributed by atoms with van der Waals surface area (Å²) < 4.78 is 1.89. The molecule has 0 radical (unpaired) electrons. The van der Waals surface area contributed by atoms with E-state index in [1.807, 2.05) is 30.7 Å². The third kappa shape index (κ3) is 1.08. The van der Waals surface area contributed by atoms with Gasteiger partial charge in [0.1, 0.15) is 5.75 Å². The van der Waals surface area contributed by atoms with Crippen LogP contribution >= 0.6 is 0 Å². The lowest BCUT2D eigenvalue weighted by Gasteiger charge is -1.97. The molecule has 2 aromatic rings. The van der Waals surface area contributed by atoms with Gasteiger partial charge in [0, 0.05) is 6.54 Å². The van der Waals surface area contributed by atoms with Gasteiger partial charge in [0.15, 0.2) is 0 Å². The van der Waals surface area contributed by atoms with Crippen molar-refractivity contribution >= 4 is 10.9 Å². The van der Waals surface area contributed by atoms with Crippen LogP contribution in [0.1, 0.15) is 12.6 Å². The van der Waals surface area contributed by atoms with Crippen LogP contribution in [0.3, 0.4) is 0 Å². The fraction of sp³-hybridized carbons (Fsp3) is 0.300. The van der Waals surface area contributed by atoms with E-state index in [9.17, 15) is 5.11 Å². The van der Waals surface area contributed by atoms with Gasteiger partial charge in [-0.15, -0.1) is 0 Å². The van der Waals surface area contributed by atoms with E-state index in [0.29, 0.717) is 5.75 Å². The first-order chi connectivity index (χ1) is 6.24. The number of hydrogen-bond acceptors (Lipinski definition) is 2. The largest absolute Gasteiger partial charge is 0.507 e. The number of phenols is 1. The van der Waals surface area contributed by atoms with Crippen molar-refractivity contribution in [2.45, 2.75) is 20.4 Å². The van der Waals surface area contributed by atoms with E-state index in [0.717, 1.165) is 23.1 Å². The molecule has 1 N–H and O–H groups in total. The van der Waals surface area contributed by atoms with Gasteiger partial charge in [-0.3, -0.25) is 4.68 Å². The van der Waals surface area contributed by atoms with Crippen molar-refractivity contribution in [3.8, 4) is 5.75 Å². The lowest BCUT2D eigenvalue weighted by Crippen LogP contribution is -1.95. The molecule has 0 saturated heterocycles. The second-order valence-electron chi connectivity index (χ2n) is 3.07. The molecular weight excluding hydrogens is 164 g/mol. The van der Waals surface area contributed by atoms with E-state index in [4.69, 9.17) is 0 Å². The van der Waals surface area contributed by atoms with Gasteiger partial charge in [0.25, 0.3) is 0 Å². The molecule has 68 valence electrons. The summed E-state index contributed by atoms with van der Waals surface area (Å²) in [5, 5.41) is 14.8. The van der Waals surface area contributed by atoms with E-state index in [1.54, 1.807) is 6.07 Å². The normalized spacial score (nSPS) is 10.9. The van der Waals surface area contributed by atoms with Crippen LogP contribution in [-0.4, -0.2) is 14.9 Å². The van der Waals surface area contributed by atoms with Crippen molar-refractivity contribution < 1.29 is 5.11 Å². The standard InChI is InChI=1S/C10H12N2O/c1-3-12-8-5-4-6-9(13)10(8)7(2)11-12/h4-6,13H,3H2,1-2H3. The number of benzene rings is 1. The van der Waals surface area contributed by atoms with Crippen LogP contribution in [0.25, 0.3) is 10.9 Å². The highest BCUT2D eigenvalue weighted by molar-refractivity contribution is 5.87. The molecule has 1 heterocycles. The number of aromatic hydroxyl groups is 1. The number of phenolic OH excluding ortho intramolecular Hbond substituents is 1. The molecule has 0 amide bonds. The maximum Gasteiger partial charge on any atom is 0.126 e. The highest BCUT2D eigenvalue weighted by Gasteiger charge is 2.08. The van der Waals surface area contributed by atoms with Crippen LogP contribution in [0.4, 0.5) is 0 Å². The monoisotopic (exact) mass is 176 g/mol. The van der Waals surface area contributed by atoms with Gasteiger partial charge in [-0.25, -0.2) is 0 Å². The predicted octanol–water partition coefficient (Wildman–Crippen LogP) is 2.07. The summed E-state index contributed by atoms with van der Waals surface area (Å²) in [6.45, 7) is 4.78. The van der Waals surface area contributed by atoms with Crippen molar-refractivity contribution in [1.29, 1.82) is 0 Å². The molecule has 0 saturated carbocycles. The minimum Gasteiger partial charge on any atom is -0.507 e. The Morgan fingerprint density at radius 1 is 1.46 bits per heavy atom. The van der Waals surface area contributed by atoms with E-state index < -0.39 is 0 Å². The predicted molar refractivity (Wildman–Crippen MR) is 51.8 cm³/mol. The number of rotatable bonds is 1. The Balaban J connectivity index is 2.87. The lowest BCUT2D eigenvalue weighted by molar-refractivity contribution is 0.481. The van der Waals surface area contributed by atoms with Crippen molar-refractivity contribution in [2.75, 3.05) is 0 Å². The first kappa shape index (κ1) is 8.10. The molecule has 0 aliphatic carbocycles. The van der Waals surface area contributed by atoms with Crippen molar-refractivity contribution in [2.24, 2.45) is 0 Å². The fourth-order valence-corrected chi connectivity index (χ4v) is 1.64. The van der Waals surface area contributed by atoms with E-state index >= 15 is 0 Å². The Kier molecular flexibility index (Phi) is 1.72. The summed E-state index contributed by atoms with van der Waals surface area (Å²) >= 11 is 0. The summed E-state index contributed by atoms with van der Waals surface area (Å²) in [6, 6.07) is 5.50. The number of hydrogen-bond donors (Lipinski definition) is 1. The Morgan fingerprint density at radius 3 is 2.92 bits per heavy atom. The quantitative estimate of drug-likeness (QED) is 0.722. The molecular formula is C10H12N2O. The van der Waals surface area contributed by atoms with Crippen molar-refractivity contribution in [3.63, 3.8) is 0 Å². The van der Waals surface area contributed by atoms with Gasteiger partial charge < -0.3 is 5.11 Å². The molecule has 0 aliphatic heterocycles. The molecule has 0 bridgehead atoms. The molecule has 0 unspecified atom stereocenters. The van der Waals surface area contributed by atoms with Crippen LogP contribution < -0.4 is 0 Å². The second kappa shape index (κ2) is 2.76. The van der Waals surface area contributed by atoms with Gasteiger partial charge in [-0.05, 0) is 26.0 Å². The number of nitrogens with zero attached hydrogens (tertiary/aromatic N) is 2. The first-order valence-electron chi connectivity index (χ1n) is 4.39. The third-order valence-electron chi connectivity index (χ3n) is 2.23. The van der Waals surface area contributed by atoms with Gasteiger partial charge in [0.05, 0.1) is 16.6 Å². The van der Waals surface area contributed by atoms with Crippen molar-refractivity contribution in [3.05, 3.63) is 23.9 Å². The molecule has 3 nitrogen and oxygen atoms in total. The van der Waals surface area contributed by atoms with Crippen LogP contribution in [0, 0.1) is 6.92 Å². The third-order valence-corrected chi connectivity index (χ3v) is 2.23. The first-order valence-corrected chi connectivity index (χ1v) is 4.39.